The first kappa shape index (κ1) is 25.8. The molecule has 0 spiro atoms. The number of hydrogen-bond acceptors (Lipinski definition) is 5. The molecule has 0 amide bonds. The molecule has 0 aliphatic rings. The molecule has 0 heterocycles. The maximum absolute atomic E-state index is 13.0. The van der Waals surface area contributed by atoms with Gasteiger partial charge in [0, 0.05) is 36.3 Å². The van der Waals surface area contributed by atoms with E-state index in [2.05, 4.69) is 27.7 Å². The zero-order valence-electron chi connectivity index (χ0n) is 18.1. The van der Waals surface area contributed by atoms with Crippen LogP contribution < -0.4 is 5.73 Å². The van der Waals surface area contributed by atoms with E-state index in [1.807, 2.05) is 0 Å². The van der Waals surface area contributed by atoms with Crippen molar-refractivity contribution in [3.05, 3.63) is 11.3 Å². The van der Waals surface area contributed by atoms with E-state index in [1.54, 1.807) is 13.8 Å². The summed E-state index contributed by atoms with van der Waals surface area (Å²) < 4.78 is 0. The Morgan fingerprint density at radius 1 is 0.889 bits per heavy atom. The van der Waals surface area contributed by atoms with Gasteiger partial charge in [0.25, 0.3) is 0 Å². The Balaban J connectivity index is 5.44. The summed E-state index contributed by atoms with van der Waals surface area (Å²) >= 11 is 0. The SMILES string of the molecule is CC(C)CCC(CO)C(=O)/C(CC(=O)C(C)C)=C(/O)C[C@@H](N)CCC(C)C. The summed E-state index contributed by atoms with van der Waals surface area (Å²) in [5.41, 5.74) is 6.25. The predicted molar refractivity (Wildman–Crippen MR) is 110 cm³/mol. The van der Waals surface area contributed by atoms with Crippen LogP contribution in [0.2, 0.25) is 0 Å². The van der Waals surface area contributed by atoms with Crippen molar-refractivity contribution in [2.75, 3.05) is 6.61 Å². The quantitative estimate of drug-likeness (QED) is 0.308. The zero-order valence-corrected chi connectivity index (χ0v) is 18.1. The summed E-state index contributed by atoms with van der Waals surface area (Å²) in [6, 6.07) is -0.257. The van der Waals surface area contributed by atoms with Crippen LogP contribution in [0.15, 0.2) is 11.3 Å². The van der Waals surface area contributed by atoms with Crippen LogP contribution >= 0.6 is 0 Å². The normalized spacial score (nSPS) is 15.2. The number of aliphatic hydroxyl groups excluding tert-OH is 2. The second-order valence-electron chi connectivity index (χ2n) is 8.87. The minimum Gasteiger partial charge on any atom is -0.512 e. The van der Waals surface area contributed by atoms with E-state index in [-0.39, 0.29) is 54.3 Å². The topological polar surface area (TPSA) is 101 Å². The van der Waals surface area contributed by atoms with Crippen molar-refractivity contribution in [1.82, 2.24) is 0 Å². The Morgan fingerprint density at radius 2 is 1.41 bits per heavy atom. The van der Waals surface area contributed by atoms with Crippen LogP contribution in [0.5, 0.6) is 0 Å². The fourth-order valence-corrected chi connectivity index (χ4v) is 2.82. The second-order valence-corrected chi connectivity index (χ2v) is 8.87. The molecule has 5 nitrogen and oxygen atoms in total. The lowest BCUT2D eigenvalue weighted by molar-refractivity contribution is -0.125. The van der Waals surface area contributed by atoms with Gasteiger partial charge < -0.3 is 15.9 Å². The summed E-state index contributed by atoms with van der Waals surface area (Å²) in [7, 11) is 0. The summed E-state index contributed by atoms with van der Waals surface area (Å²) in [6.45, 7) is 11.6. The van der Waals surface area contributed by atoms with E-state index in [4.69, 9.17) is 5.73 Å². The average molecular weight is 384 g/mol. The fourth-order valence-electron chi connectivity index (χ4n) is 2.82. The Morgan fingerprint density at radius 3 is 1.85 bits per heavy atom. The summed E-state index contributed by atoms with van der Waals surface area (Å²) in [6.07, 6.45) is 3.11. The molecule has 0 rings (SSSR count). The van der Waals surface area contributed by atoms with Crippen LogP contribution in [0.3, 0.4) is 0 Å². The lowest BCUT2D eigenvalue weighted by Gasteiger charge is -2.20. The highest BCUT2D eigenvalue weighted by Gasteiger charge is 2.27. The van der Waals surface area contributed by atoms with E-state index >= 15 is 0 Å². The van der Waals surface area contributed by atoms with Gasteiger partial charge in [0.05, 0.1) is 6.61 Å². The van der Waals surface area contributed by atoms with Crippen LogP contribution in [0.25, 0.3) is 0 Å². The molecular formula is C22H41NO4. The van der Waals surface area contributed by atoms with Gasteiger partial charge in [-0.15, -0.1) is 0 Å². The molecule has 0 fully saturated rings. The van der Waals surface area contributed by atoms with Crippen LogP contribution in [0.1, 0.15) is 80.1 Å². The van der Waals surface area contributed by atoms with Crippen molar-refractivity contribution in [3.63, 3.8) is 0 Å². The standard InChI is InChI=1S/C22H41NO4/c1-14(2)7-9-17(13-24)22(27)19(12-20(25)16(5)6)21(26)11-18(23)10-8-15(3)4/h14-18,24,26H,7-13,23H2,1-6H3/b21-19+/t17?,18-/m0/s1. The first-order chi connectivity index (χ1) is 12.5. The Labute approximate surface area is 165 Å². The highest BCUT2D eigenvalue weighted by Crippen LogP contribution is 2.24. The molecule has 4 N–H and O–H groups in total. The smallest absolute Gasteiger partial charge is 0.168 e. The first-order valence-electron chi connectivity index (χ1n) is 10.3. The number of hydrogen-bond donors (Lipinski definition) is 3. The van der Waals surface area contributed by atoms with E-state index in [0.29, 0.717) is 18.3 Å². The molecule has 0 saturated heterocycles. The number of carbonyl (C=O) groups is 2. The largest absolute Gasteiger partial charge is 0.512 e. The van der Waals surface area contributed by atoms with Crippen LogP contribution in [-0.4, -0.2) is 34.4 Å². The molecule has 0 aromatic rings. The molecule has 0 saturated carbocycles. The molecular weight excluding hydrogens is 342 g/mol. The fraction of sp³-hybridized carbons (Fsp3) is 0.818. The highest BCUT2D eigenvalue weighted by atomic mass is 16.3. The van der Waals surface area contributed by atoms with Gasteiger partial charge in [0.2, 0.25) is 0 Å². The van der Waals surface area contributed by atoms with Crippen molar-refractivity contribution in [1.29, 1.82) is 0 Å². The average Bonchev–Trinajstić information content (AvgIpc) is 2.57. The highest BCUT2D eigenvalue weighted by molar-refractivity contribution is 6.02. The third-order valence-corrected chi connectivity index (χ3v) is 4.89. The molecule has 0 radical (unpaired) electrons. The molecule has 158 valence electrons. The number of carbonyl (C=O) groups excluding carboxylic acids is 2. The number of Topliss-reactive ketones (excluding diaryl/α,β-unsaturated/α-hetero) is 2. The Bertz CT molecular complexity index is 495. The van der Waals surface area contributed by atoms with Crippen molar-refractivity contribution in [2.45, 2.75) is 86.1 Å². The van der Waals surface area contributed by atoms with Gasteiger partial charge in [-0.25, -0.2) is 0 Å². The molecule has 0 aromatic heterocycles. The van der Waals surface area contributed by atoms with Crippen molar-refractivity contribution >= 4 is 11.6 Å². The van der Waals surface area contributed by atoms with Gasteiger partial charge in [0.1, 0.15) is 11.5 Å². The number of nitrogens with two attached hydrogens (primary N) is 1. The molecule has 2 atom stereocenters. The van der Waals surface area contributed by atoms with E-state index in [0.717, 1.165) is 19.3 Å². The molecule has 0 aromatic carbocycles. The molecule has 1 unspecified atom stereocenters. The number of rotatable bonds is 14. The summed E-state index contributed by atoms with van der Waals surface area (Å²) in [5, 5.41) is 20.3. The summed E-state index contributed by atoms with van der Waals surface area (Å²) in [4.78, 5) is 25.2. The van der Waals surface area contributed by atoms with Crippen molar-refractivity contribution in [2.24, 2.45) is 29.4 Å². The van der Waals surface area contributed by atoms with Gasteiger partial charge in [-0.2, -0.15) is 0 Å². The second kappa shape index (κ2) is 13.1. The van der Waals surface area contributed by atoms with Crippen LogP contribution in [0.4, 0.5) is 0 Å². The van der Waals surface area contributed by atoms with Crippen molar-refractivity contribution in [3.8, 4) is 0 Å². The number of aliphatic hydroxyl groups is 2. The monoisotopic (exact) mass is 383 g/mol. The molecule has 0 aliphatic heterocycles. The first-order valence-corrected chi connectivity index (χ1v) is 10.3. The molecule has 0 bridgehead atoms. The number of allylic oxidation sites excluding steroid dienone is 1. The van der Waals surface area contributed by atoms with Crippen LogP contribution in [0, 0.1) is 23.7 Å². The third-order valence-electron chi connectivity index (χ3n) is 4.89. The lowest BCUT2D eigenvalue weighted by Crippen LogP contribution is -2.27. The third kappa shape index (κ3) is 10.6. The maximum atomic E-state index is 13.0. The van der Waals surface area contributed by atoms with Gasteiger partial charge in [-0.3, -0.25) is 9.59 Å². The van der Waals surface area contributed by atoms with Gasteiger partial charge in [0.15, 0.2) is 5.78 Å². The van der Waals surface area contributed by atoms with E-state index < -0.39 is 5.92 Å². The Hall–Kier alpha value is -1.20. The van der Waals surface area contributed by atoms with Crippen LogP contribution in [-0.2, 0) is 9.59 Å². The van der Waals surface area contributed by atoms with E-state index in [1.165, 1.54) is 0 Å². The van der Waals surface area contributed by atoms with Crippen molar-refractivity contribution < 1.29 is 19.8 Å². The molecule has 5 heteroatoms. The molecule has 27 heavy (non-hydrogen) atoms. The van der Waals surface area contributed by atoms with Gasteiger partial charge >= 0.3 is 0 Å². The van der Waals surface area contributed by atoms with E-state index in [9.17, 15) is 19.8 Å². The lowest BCUT2D eigenvalue weighted by atomic mass is 9.86. The predicted octanol–water partition coefficient (Wildman–Crippen LogP) is 4.18. The van der Waals surface area contributed by atoms with Gasteiger partial charge in [-0.05, 0) is 31.1 Å². The zero-order chi connectivity index (χ0) is 21.1. The molecule has 0 aliphatic carbocycles. The minimum atomic E-state index is -0.587. The van der Waals surface area contributed by atoms with Gasteiger partial charge in [-0.1, -0.05) is 48.0 Å². The Kier molecular flexibility index (Phi) is 12.5. The summed E-state index contributed by atoms with van der Waals surface area (Å²) in [5.74, 6) is -0.389. The number of ketones is 2. The minimum absolute atomic E-state index is 0.0896. The maximum Gasteiger partial charge on any atom is 0.168 e.